The molecule has 0 saturated carbocycles. The van der Waals surface area contributed by atoms with Crippen molar-refractivity contribution in [1.29, 1.82) is 0 Å². The van der Waals surface area contributed by atoms with Crippen LogP contribution in [-0.4, -0.2) is 31.1 Å². The highest BCUT2D eigenvalue weighted by molar-refractivity contribution is 5.65. The first-order valence-corrected chi connectivity index (χ1v) is 6.37. The molecule has 0 fully saturated rings. The van der Waals surface area contributed by atoms with Crippen LogP contribution < -0.4 is 10.6 Å². The van der Waals surface area contributed by atoms with E-state index in [2.05, 4.69) is 30.7 Å². The SMILES string of the molecule is CCNc1cn2ccnc2c(NCc2nc(C)no2)n1. The van der Waals surface area contributed by atoms with Crippen molar-refractivity contribution in [1.82, 2.24) is 24.5 Å². The summed E-state index contributed by atoms with van der Waals surface area (Å²) in [5.74, 6) is 2.58. The molecule has 0 aliphatic rings. The van der Waals surface area contributed by atoms with Crippen LogP contribution in [0.1, 0.15) is 18.6 Å². The summed E-state index contributed by atoms with van der Waals surface area (Å²) in [5, 5.41) is 10.1. The van der Waals surface area contributed by atoms with E-state index in [1.54, 1.807) is 13.1 Å². The standard InChI is InChI=1S/C12H15N7O/c1-3-13-9-7-19-5-4-14-12(19)11(17-9)15-6-10-16-8(2)18-20-10/h4-5,7,13H,3,6H2,1-2H3,(H,15,17). The highest BCUT2D eigenvalue weighted by Crippen LogP contribution is 2.16. The molecule has 0 radical (unpaired) electrons. The Kier molecular flexibility index (Phi) is 3.20. The number of fused-ring (bicyclic) bond motifs is 1. The zero-order chi connectivity index (χ0) is 13.9. The van der Waals surface area contributed by atoms with Crippen molar-refractivity contribution >= 4 is 17.3 Å². The van der Waals surface area contributed by atoms with Crippen LogP contribution >= 0.6 is 0 Å². The third-order valence-electron chi connectivity index (χ3n) is 2.71. The lowest BCUT2D eigenvalue weighted by molar-refractivity contribution is 0.379. The van der Waals surface area contributed by atoms with E-state index < -0.39 is 0 Å². The molecule has 8 heteroatoms. The summed E-state index contributed by atoms with van der Waals surface area (Å²) in [6, 6.07) is 0. The Bertz CT molecular complexity index is 717. The molecule has 3 heterocycles. The number of nitrogens with zero attached hydrogens (tertiary/aromatic N) is 5. The van der Waals surface area contributed by atoms with Gasteiger partial charge in [0.05, 0.1) is 12.7 Å². The molecule has 0 bridgehead atoms. The Morgan fingerprint density at radius 1 is 1.30 bits per heavy atom. The molecule has 20 heavy (non-hydrogen) atoms. The van der Waals surface area contributed by atoms with Crippen molar-refractivity contribution in [2.45, 2.75) is 20.4 Å². The molecule has 0 spiro atoms. The van der Waals surface area contributed by atoms with Crippen molar-refractivity contribution in [2.24, 2.45) is 0 Å². The van der Waals surface area contributed by atoms with E-state index in [-0.39, 0.29) is 0 Å². The van der Waals surface area contributed by atoms with E-state index in [9.17, 15) is 0 Å². The smallest absolute Gasteiger partial charge is 0.245 e. The number of hydrogen-bond donors (Lipinski definition) is 2. The molecule has 0 amide bonds. The maximum atomic E-state index is 5.06. The van der Waals surface area contributed by atoms with Crippen LogP contribution in [0.5, 0.6) is 0 Å². The summed E-state index contributed by atoms with van der Waals surface area (Å²) in [6.45, 7) is 5.01. The van der Waals surface area contributed by atoms with Gasteiger partial charge >= 0.3 is 0 Å². The third-order valence-corrected chi connectivity index (χ3v) is 2.71. The number of aryl methyl sites for hydroxylation is 1. The van der Waals surface area contributed by atoms with Gasteiger partial charge in [0, 0.05) is 18.9 Å². The molecule has 8 nitrogen and oxygen atoms in total. The molecular formula is C12H15N7O. The van der Waals surface area contributed by atoms with E-state index in [1.165, 1.54) is 0 Å². The molecule has 104 valence electrons. The van der Waals surface area contributed by atoms with Gasteiger partial charge in [-0.15, -0.1) is 0 Å². The number of imidazole rings is 1. The van der Waals surface area contributed by atoms with Gasteiger partial charge in [-0.2, -0.15) is 4.98 Å². The Morgan fingerprint density at radius 3 is 2.95 bits per heavy atom. The Hall–Kier alpha value is -2.64. The minimum atomic E-state index is 0.409. The molecule has 0 unspecified atom stereocenters. The molecule has 3 aromatic rings. The fourth-order valence-electron chi connectivity index (χ4n) is 1.89. The van der Waals surface area contributed by atoms with Gasteiger partial charge < -0.3 is 19.6 Å². The van der Waals surface area contributed by atoms with Gasteiger partial charge in [-0.05, 0) is 13.8 Å². The van der Waals surface area contributed by atoms with Crippen molar-refractivity contribution in [3.63, 3.8) is 0 Å². The Balaban J connectivity index is 1.87. The zero-order valence-corrected chi connectivity index (χ0v) is 11.3. The summed E-state index contributed by atoms with van der Waals surface area (Å²) >= 11 is 0. The average Bonchev–Trinajstić information content (AvgIpc) is 3.05. The second-order valence-corrected chi connectivity index (χ2v) is 4.25. The first-order valence-electron chi connectivity index (χ1n) is 6.37. The highest BCUT2D eigenvalue weighted by atomic mass is 16.5. The molecule has 0 aromatic carbocycles. The molecule has 0 saturated heterocycles. The second kappa shape index (κ2) is 5.16. The van der Waals surface area contributed by atoms with Gasteiger partial charge in [0.2, 0.25) is 5.89 Å². The van der Waals surface area contributed by atoms with Gasteiger partial charge in [0.1, 0.15) is 5.82 Å². The van der Waals surface area contributed by atoms with E-state index >= 15 is 0 Å². The minimum absolute atomic E-state index is 0.409. The second-order valence-electron chi connectivity index (χ2n) is 4.25. The number of nitrogens with one attached hydrogen (secondary N) is 2. The molecule has 0 atom stereocenters. The maximum Gasteiger partial charge on any atom is 0.245 e. The number of hydrogen-bond acceptors (Lipinski definition) is 7. The van der Waals surface area contributed by atoms with Gasteiger partial charge in [-0.25, -0.2) is 9.97 Å². The predicted octanol–water partition coefficient (Wildman–Crippen LogP) is 1.46. The van der Waals surface area contributed by atoms with Crippen LogP contribution in [-0.2, 0) is 6.54 Å². The number of anilines is 2. The summed E-state index contributed by atoms with van der Waals surface area (Å²) in [7, 11) is 0. The summed E-state index contributed by atoms with van der Waals surface area (Å²) in [4.78, 5) is 12.9. The van der Waals surface area contributed by atoms with Crippen LogP contribution in [0.3, 0.4) is 0 Å². The molecule has 0 aliphatic carbocycles. The molecule has 2 N–H and O–H groups in total. The average molecular weight is 273 g/mol. The van der Waals surface area contributed by atoms with Gasteiger partial charge in [0.25, 0.3) is 0 Å². The molecule has 3 rings (SSSR count). The maximum absolute atomic E-state index is 5.06. The molecule has 3 aromatic heterocycles. The van der Waals surface area contributed by atoms with Gasteiger partial charge in [-0.3, -0.25) is 0 Å². The lowest BCUT2D eigenvalue weighted by Gasteiger charge is -2.08. The highest BCUT2D eigenvalue weighted by Gasteiger charge is 2.09. The molecule has 0 aliphatic heterocycles. The van der Waals surface area contributed by atoms with Crippen LogP contribution in [0.4, 0.5) is 11.6 Å². The van der Waals surface area contributed by atoms with Crippen LogP contribution in [0.15, 0.2) is 23.1 Å². The largest absolute Gasteiger partial charge is 0.369 e. The van der Waals surface area contributed by atoms with E-state index in [0.29, 0.717) is 24.1 Å². The third kappa shape index (κ3) is 2.40. The van der Waals surface area contributed by atoms with Crippen LogP contribution in [0.2, 0.25) is 0 Å². The number of rotatable bonds is 5. The first kappa shape index (κ1) is 12.4. The fourth-order valence-corrected chi connectivity index (χ4v) is 1.89. The lowest BCUT2D eigenvalue weighted by atomic mass is 10.5. The number of aromatic nitrogens is 5. The topological polar surface area (TPSA) is 93.2 Å². The van der Waals surface area contributed by atoms with Crippen molar-refractivity contribution in [3.8, 4) is 0 Å². The monoisotopic (exact) mass is 273 g/mol. The van der Waals surface area contributed by atoms with Crippen LogP contribution in [0.25, 0.3) is 5.65 Å². The quantitative estimate of drug-likeness (QED) is 0.727. The van der Waals surface area contributed by atoms with Gasteiger partial charge in [0.15, 0.2) is 17.3 Å². The van der Waals surface area contributed by atoms with Gasteiger partial charge in [-0.1, -0.05) is 5.16 Å². The fraction of sp³-hybridized carbons (Fsp3) is 0.333. The minimum Gasteiger partial charge on any atom is -0.369 e. The Labute approximate surface area is 115 Å². The molecular weight excluding hydrogens is 258 g/mol. The Morgan fingerprint density at radius 2 is 2.20 bits per heavy atom. The summed E-state index contributed by atoms with van der Waals surface area (Å²) in [6.07, 6.45) is 5.50. The normalized spacial score (nSPS) is 10.9. The van der Waals surface area contributed by atoms with Crippen molar-refractivity contribution in [2.75, 3.05) is 17.2 Å². The summed E-state index contributed by atoms with van der Waals surface area (Å²) < 4.78 is 6.97. The lowest BCUT2D eigenvalue weighted by Crippen LogP contribution is -2.07. The van der Waals surface area contributed by atoms with E-state index in [4.69, 9.17) is 4.52 Å². The van der Waals surface area contributed by atoms with E-state index in [0.717, 1.165) is 18.0 Å². The van der Waals surface area contributed by atoms with Crippen LogP contribution in [0, 0.1) is 6.92 Å². The zero-order valence-electron chi connectivity index (χ0n) is 11.3. The predicted molar refractivity (Wildman–Crippen MR) is 73.5 cm³/mol. The summed E-state index contributed by atoms with van der Waals surface area (Å²) in [5.41, 5.74) is 0.753. The van der Waals surface area contributed by atoms with E-state index in [1.807, 2.05) is 23.7 Å². The van der Waals surface area contributed by atoms with Crippen molar-refractivity contribution in [3.05, 3.63) is 30.3 Å². The van der Waals surface area contributed by atoms with Crippen molar-refractivity contribution < 1.29 is 4.52 Å². The first-order chi connectivity index (χ1) is 9.76.